The van der Waals surface area contributed by atoms with Crippen molar-refractivity contribution >= 4 is 33.6 Å². The number of halogens is 1. The molecule has 0 aromatic carbocycles. The smallest absolute Gasteiger partial charge is 0.228 e. The standard InChI is InChI=1S/C12H17BrN4S/c1-9(13)8-18-12-15-14-11(16-6-2-3-7-16)17(12)10-4-5-10/h10H,1-8H2. The van der Waals surface area contributed by atoms with Gasteiger partial charge in [-0.15, -0.1) is 10.2 Å². The first-order valence-electron chi connectivity index (χ1n) is 6.41. The van der Waals surface area contributed by atoms with Gasteiger partial charge in [-0.25, -0.2) is 0 Å². The second-order valence-electron chi connectivity index (χ2n) is 4.88. The average Bonchev–Trinajstić information content (AvgIpc) is 2.90. The zero-order chi connectivity index (χ0) is 12.5. The minimum atomic E-state index is 0.627. The Kier molecular flexibility index (Phi) is 3.66. The molecular weight excluding hydrogens is 312 g/mol. The Morgan fingerprint density at radius 1 is 1.33 bits per heavy atom. The summed E-state index contributed by atoms with van der Waals surface area (Å²) < 4.78 is 3.34. The summed E-state index contributed by atoms with van der Waals surface area (Å²) in [7, 11) is 0. The topological polar surface area (TPSA) is 34.0 Å². The van der Waals surface area contributed by atoms with E-state index in [0.29, 0.717) is 6.04 Å². The Bertz CT molecular complexity index is 449. The molecule has 1 saturated carbocycles. The molecule has 1 saturated heterocycles. The van der Waals surface area contributed by atoms with E-state index in [1.54, 1.807) is 11.8 Å². The predicted molar refractivity (Wildman–Crippen MR) is 78.5 cm³/mol. The third-order valence-electron chi connectivity index (χ3n) is 3.31. The van der Waals surface area contributed by atoms with Crippen LogP contribution >= 0.6 is 27.7 Å². The number of thioether (sulfide) groups is 1. The monoisotopic (exact) mass is 328 g/mol. The van der Waals surface area contributed by atoms with Crippen molar-refractivity contribution in [2.75, 3.05) is 23.7 Å². The van der Waals surface area contributed by atoms with Gasteiger partial charge in [-0.1, -0.05) is 34.3 Å². The number of rotatable bonds is 5. The normalized spacial score (nSPS) is 19.5. The summed E-state index contributed by atoms with van der Waals surface area (Å²) in [5.41, 5.74) is 0. The minimum absolute atomic E-state index is 0.627. The van der Waals surface area contributed by atoms with Gasteiger partial charge in [-0.3, -0.25) is 4.57 Å². The molecule has 0 bridgehead atoms. The lowest BCUT2D eigenvalue weighted by Crippen LogP contribution is -2.22. The van der Waals surface area contributed by atoms with Crippen molar-refractivity contribution in [2.45, 2.75) is 36.9 Å². The maximum atomic E-state index is 4.41. The molecule has 6 heteroatoms. The maximum absolute atomic E-state index is 4.41. The summed E-state index contributed by atoms with van der Waals surface area (Å²) in [5, 5.41) is 9.82. The van der Waals surface area contributed by atoms with Crippen LogP contribution in [0.2, 0.25) is 0 Å². The number of anilines is 1. The van der Waals surface area contributed by atoms with Gasteiger partial charge in [0.05, 0.1) is 0 Å². The van der Waals surface area contributed by atoms with Crippen LogP contribution in [0.3, 0.4) is 0 Å². The van der Waals surface area contributed by atoms with Gasteiger partial charge in [0.1, 0.15) is 0 Å². The maximum Gasteiger partial charge on any atom is 0.228 e. The summed E-state index contributed by atoms with van der Waals surface area (Å²) in [4.78, 5) is 2.37. The fourth-order valence-corrected chi connectivity index (χ4v) is 3.39. The molecule has 0 spiro atoms. The first-order valence-corrected chi connectivity index (χ1v) is 8.19. The molecule has 1 aromatic rings. The van der Waals surface area contributed by atoms with Crippen LogP contribution in [0.1, 0.15) is 31.7 Å². The van der Waals surface area contributed by atoms with Crippen molar-refractivity contribution < 1.29 is 0 Å². The van der Waals surface area contributed by atoms with Crippen LogP contribution in [0.4, 0.5) is 5.95 Å². The van der Waals surface area contributed by atoms with E-state index in [4.69, 9.17) is 0 Å². The molecule has 3 rings (SSSR count). The third kappa shape index (κ3) is 2.59. The summed E-state index contributed by atoms with van der Waals surface area (Å²) in [5.74, 6) is 1.93. The molecule has 1 aromatic heterocycles. The van der Waals surface area contributed by atoms with Gasteiger partial charge in [0.2, 0.25) is 5.95 Å². The summed E-state index contributed by atoms with van der Waals surface area (Å²) >= 11 is 5.12. The van der Waals surface area contributed by atoms with Gasteiger partial charge in [-0.05, 0) is 30.2 Å². The highest BCUT2D eigenvalue weighted by Crippen LogP contribution is 2.41. The molecule has 0 amide bonds. The molecule has 2 fully saturated rings. The molecular formula is C12H17BrN4S. The molecule has 1 aliphatic heterocycles. The molecule has 0 atom stereocenters. The first-order chi connectivity index (χ1) is 8.75. The zero-order valence-electron chi connectivity index (χ0n) is 10.3. The van der Waals surface area contributed by atoms with E-state index < -0.39 is 0 Å². The van der Waals surface area contributed by atoms with E-state index in [2.05, 4.69) is 42.2 Å². The van der Waals surface area contributed by atoms with Gasteiger partial charge >= 0.3 is 0 Å². The van der Waals surface area contributed by atoms with Crippen LogP contribution in [0.25, 0.3) is 0 Å². The van der Waals surface area contributed by atoms with E-state index in [9.17, 15) is 0 Å². The van der Waals surface area contributed by atoms with Crippen molar-refractivity contribution in [2.24, 2.45) is 0 Å². The van der Waals surface area contributed by atoms with Crippen molar-refractivity contribution in [3.8, 4) is 0 Å². The molecule has 0 N–H and O–H groups in total. The van der Waals surface area contributed by atoms with Crippen molar-refractivity contribution in [1.29, 1.82) is 0 Å². The van der Waals surface area contributed by atoms with Crippen LogP contribution in [0, 0.1) is 0 Å². The molecule has 98 valence electrons. The first kappa shape index (κ1) is 12.5. The van der Waals surface area contributed by atoms with E-state index in [0.717, 1.165) is 34.4 Å². The highest BCUT2D eigenvalue weighted by molar-refractivity contribution is 9.11. The largest absolute Gasteiger partial charge is 0.341 e. The Labute approximate surface area is 120 Å². The number of nitrogens with zero attached hydrogens (tertiary/aromatic N) is 4. The fraction of sp³-hybridized carbons (Fsp3) is 0.667. The van der Waals surface area contributed by atoms with Crippen LogP contribution in [0.5, 0.6) is 0 Å². The quantitative estimate of drug-likeness (QED) is 0.777. The molecule has 0 radical (unpaired) electrons. The van der Waals surface area contributed by atoms with E-state index in [-0.39, 0.29) is 0 Å². The Morgan fingerprint density at radius 2 is 2.06 bits per heavy atom. The molecule has 2 aliphatic rings. The highest BCUT2D eigenvalue weighted by Gasteiger charge is 2.32. The molecule has 1 aliphatic carbocycles. The number of hydrogen-bond donors (Lipinski definition) is 0. The second kappa shape index (κ2) is 5.25. The molecule has 0 unspecified atom stereocenters. The van der Waals surface area contributed by atoms with Gasteiger partial charge < -0.3 is 4.90 Å². The summed E-state index contributed by atoms with van der Waals surface area (Å²) in [6.07, 6.45) is 5.08. The Morgan fingerprint density at radius 3 is 2.67 bits per heavy atom. The van der Waals surface area contributed by atoms with Crippen molar-refractivity contribution in [3.05, 3.63) is 11.1 Å². The number of aromatic nitrogens is 3. The summed E-state index contributed by atoms with van der Waals surface area (Å²) in [6.45, 7) is 6.12. The lowest BCUT2D eigenvalue weighted by atomic mass is 10.4. The van der Waals surface area contributed by atoms with E-state index >= 15 is 0 Å². The van der Waals surface area contributed by atoms with Crippen LogP contribution < -0.4 is 4.90 Å². The van der Waals surface area contributed by atoms with Gasteiger partial charge in [0.15, 0.2) is 5.16 Å². The number of hydrogen-bond acceptors (Lipinski definition) is 4. The third-order valence-corrected chi connectivity index (χ3v) is 4.99. The van der Waals surface area contributed by atoms with Crippen LogP contribution in [-0.4, -0.2) is 33.6 Å². The lowest BCUT2D eigenvalue weighted by Gasteiger charge is -2.17. The SMILES string of the molecule is C=C(Br)CSc1nnc(N2CCCC2)n1C1CC1. The van der Waals surface area contributed by atoms with Crippen LogP contribution in [0.15, 0.2) is 16.2 Å². The van der Waals surface area contributed by atoms with Gasteiger partial charge in [0.25, 0.3) is 0 Å². The molecule has 18 heavy (non-hydrogen) atoms. The van der Waals surface area contributed by atoms with E-state index in [1.807, 2.05) is 0 Å². The highest BCUT2D eigenvalue weighted by atomic mass is 79.9. The summed E-state index contributed by atoms with van der Waals surface area (Å²) in [6, 6.07) is 0.627. The Hall–Kier alpha value is -0.490. The van der Waals surface area contributed by atoms with Crippen molar-refractivity contribution in [3.63, 3.8) is 0 Å². The van der Waals surface area contributed by atoms with Crippen LogP contribution in [-0.2, 0) is 0 Å². The molecule has 4 nitrogen and oxygen atoms in total. The Balaban J connectivity index is 1.82. The van der Waals surface area contributed by atoms with E-state index in [1.165, 1.54) is 25.7 Å². The second-order valence-corrected chi connectivity index (χ2v) is 6.95. The zero-order valence-corrected chi connectivity index (χ0v) is 12.7. The lowest BCUT2D eigenvalue weighted by molar-refractivity contribution is 0.652. The average molecular weight is 329 g/mol. The fourth-order valence-electron chi connectivity index (χ4n) is 2.30. The van der Waals surface area contributed by atoms with Gasteiger partial charge in [-0.2, -0.15) is 0 Å². The molecule has 2 heterocycles. The van der Waals surface area contributed by atoms with Crippen molar-refractivity contribution in [1.82, 2.24) is 14.8 Å². The minimum Gasteiger partial charge on any atom is -0.341 e. The predicted octanol–water partition coefficient (Wildman–Crippen LogP) is 3.21. The van der Waals surface area contributed by atoms with Gasteiger partial charge in [0, 0.05) is 24.9 Å².